The minimum atomic E-state index is -1.03. The molecule has 1 saturated carbocycles. The first kappa shape index (κ1) is 21.8. The molecule has 1 heterocycles. The molecule has 0 spiro atoms. The number of hydrogen-bond acceptors (Lipinski definition) is 5. The largest absolute Gasteiger partial charge is 0.489 e. The van der Waals surface area contributed by atoms with Crippen LogP contribution in [0.1, 0.15) is 39.5 Å². The van der Waals surface area contributed by atoms with Crippen LogP contribution in [0.25, 0.3) is 0 Å². The molecule has 9 heteroatoms. The summed E-state index contributed by atoms with van der Waals surface area (Å²) in [5.74, 6) is -0.677. The lowest BCUT2D eigenvalue weighted by Gasteiger charge is -2.29. The van der Waals surface area contributed by atoms with Crippen molar-refractivity contribution in [1.29, 1.82) is 5.26 Å². The molecule has 1 aromatic rings. The van der Waals surface area contributed by atoms with Gasteiger partial charge >= 0.3 is 0 Å². The number of anilines is 1. The van der Waals surface area contributed by atoms with Gasteiger partial charge in [0.15, 0.2) is 16.7 Å². The van der Waals surface area contributed by atoms with E-state index < -0.39 is 11.4 Å². The highest BCUT2D eigenvalue weighted by Gasteiger charge is 2.51. The van der Waals surface area contributed by atoms with E-state index in [1.165, 1.54) is 17.0 Å². The van der Waals surface area contributed by atoms with Crippen LogP contribution in [0.3, 0.4) is 0 Å². The molecule has 3 aliphatic rings. The van der Waals surface area contributed by atoms with Gasteiger partial charge in [0, 0.05) is 23.0 Å². The molecule has 2 aliphatic carbocycles. The predicted octanol–water partition coefficient (Wildman–Crippen LogP) is 4.10. The predicted molar refractivity (Wildman–Crippen MR) is 120 cm³/mol. The van der Waals surface area contributed by atoms with Crippen molar-refractivity contribution in [2.75, 3.05) is 11.5 Å². The second-order valence-corrected chi connectivity index (χ2v) is 9.43. The second-order valence-electron chi connectivity index (χ2n) is 8.66. The number of nitriles is 1. The third-order valence-electron chi connectivity index (χ3n) is 5.88. The topological polar surface area (TPSA) is 82.6 Å². The molecule has 0 bridgehead atoms. The van der Waals surface area contributed by atoms with Crippen molar-refractivity contribution in [3.05, 3.63) is 46.4 Å². The Labute approximate surface area is 190 Å². The fourth-order valence-electron chi connectivity index (χ4n) is 3.72. The number of nitrogens with two attached hydrogens (primary N) is 1. The minimum absolute atomic E-state index is 0.113. The Balaban J connectivity index is 1.62. The van der Waals surface area contributed by atoms with Gasteiger partial charge in [0.05, 0.1) is 16.6 Å². The smallest absolute Gasteiger partial charge is 0.258 e. The number of thiocarbonyl (C=S) groups is 1. The first-order valence-electron chi connectivity index (χ1n) is 9.97. The Bertz CT molecular complexity index is 1090. The highest BCUT2D eigenvalue weighted by atomic mass is 35.5. The Hall–Kier alpha value is -2.47. The maximum absolute atomic E-state index is 14.8. The molecule has 1 aromatic carbocycles. The maximum atomic E-state index is 14.8. The first-order chi connectivity index (χ1) is 14.6. The molecule has 2 fully saturated rings. The second kappa shape index (κ2) is 7.59. The first-order valence-corrected chi connectivity index (χ1v) is 10.8. The molecule has 0 atom stereocenters. The van der Waals surface area contributed by atoms with Crippen LogP contribution in [0, 0.1) is 17.1 Å². The van der Waals surface area contributed by atoms with Crippen LogP contribution in [0.2, 0.25) is 0 Å². The lowest BCUT2D eigenvalue weighted by Crippen LogP contribution is -2.44. The third kappa shape index (κ3) is 3.82. The van der Waals surface area contributed by atoms with Gasteiger partial charge in [-0.15, -0.1) is 0 Å². The summed E-state index contributed by atoms with van der Waals surface area (Å²) < 4.78 is 20.3. The number of allylic oxidation sites excluding steroid dienone is 4. The summed E-state index contributed by atoms with van der Waals surface area (Å²) in [5, 5.41) is 9.67. The van der Waals surface area contributed by atoms with Gasteiger partial charge in [-0.1, -0.05) is 11.6 Å². The standard InChI is InChI=1S/C22H22ClFN4O2S/c1-21(2)19(29)27(14-4-3-13(11-25)16(23)9-14)20(31)28(21)15-5-6-18(17(24)10-15)30-12-22(26)7-8-22/h5-6,9-10H,3-4,7-8,12,26H2,1-2H3. The number of carbonyl (C=O) groups is 1. The fraction of sp³-hybridized carbons (Fsp3) is 0.409. The van der Waals surface area contributed by atoms with Gasteiger partial charge in [0.1, 0.15) is 12.1 Å². The lowest BCUT2D eigenvalue weighted by molar-refractivity contribution is -0.128. The maximum Gasteiger partial charge on any atom is 0.258 e. The van der Waals surface area contributed by atoms with E-state index in [1.807, 2.05) is 0 Å². The number of rotatable bonds is 5. The number of ether oxygens (including phenoxy) is 1. The number of benzene rings is 1. The third-order valence-corrected chi connectivity index (χ3v) is 6.59. The average Bonchev–Trinajstić information content (AvgIpc) is 3.41. The van der Waals surface area contributed by atoms with Crippen LogP contribution in [0.4, 0.5) is 10.1 Å². The van der Waals surface area contributed by atoms with Crippen molar-refractivity contribution in [3.63, 3.8) is 0 Å². The van der Waals surface area contributed by atoms with Gasteiger partial charge in [-0.2, -0.15) is 5.26 Å². The van der Waals surface area contributed by atoms with E-state index in [-0.39, 0.29) is 28.9 Å². The quantitative estimate of drug-likeness (QED) is 0.666. The van der Waals surface area contributed by atoms with Crippen molar-refractivity contribution >= 4 is 40.5 Å². The van der Waals surface area contributed by atoms with Crippen molar-refractivity contribution in [3.8, 4) is 11.8 Å². The van der Waals surface area contributed by atoms with E-state index >= 15 is 0 Å². The van der Waals surface area contributed by atoms with Crippen LogP contribution in [0.5, 0.6) is 5.75 Å². The van der Waals surface area contributed by atoms with Gasteiger partial charge in [-0.3, -0.25) is 9.69 Å². The molecule has 162 valence electrons. The molecule has 4 rings (SSSR count). The Morgan fingerprint density at radius 2 is 2.06 bits per heavy atom. The van der Waals surface area contributed by atoms with E-state index in [0.29, 0.717) is 34.8 Å². The molecule has 1 amide bonds. The Morgan fingerprint density at radius 1 is 1.35 bits per heavy atom. The Morgan fingerprint density at radius 3 is 2.65 bits per heavy atom. The molecule has 1 aliphatic heterocycles. The number of hydrogen-bond donors (Lipinski definition) is 1. The van der Waals surface area contributed by atoms with Crippen molar-refractivity contribution in [2.45, 2.75) is 50.6 Å². The molecular formula is C22H22ClFN4O2S. The summed E-state index contributed by atoms with van der Waals surface area (Å²) in [5.41, 5.74) is 6.15. The molecule has 0 radical (unpaired) electrons. The number of nitrogens with zero attached hydrogens (tertiary/aromatic N) is 3. The van der Waals surface area contributed by atoms with E-state index in [9.17, 15) is 9.18 Å². The van der Waals surface area contributed by atoms with E-state index in [2.05, 4.69) is 6.07 Å². The van der Waals surface area contributed by atoms with E-state index in [1.54, 1.807) is 30.9 Å². The summed E-state index contributed by atoms with van der Waals surface area (Å²) in [7, 11) is 0. The zero-order chi connectivity index (χ0) is 22.6. The summed E-state index contributed by atoms with van der Waals surface area (Å²) >= 11 is 11.8. The molecular weight excluding hydrogens is 439 g/mol. The SMILES string of the molecule is CC1(C)C(=O)N(C2=CC(Cl)=C(C#N)CC2)C(=S)N1c1ccc(OCC2(N)CC2)c(F)c1. The van der Waals surface area contributed by atoms with Crippen molar-refractivity contribution in [1.82, 2.24) is 4.90 Å². The molecule has 0 aromatic heterocycles. The molecule has 6 nitrogen and oxygen atoms in total. The van der Waals surface area contributed by atoms with Gasteiger partial charge in [0.25, 0.3) is 5.91 Å². The molecule has 0 unspecified atom stereocenters. The van der Waals surface area contributed by atoms with Crippen molar-refractivity contribution in [2.24, 2.45) is 5.73 Å². The minimum Gasteiger partial charge on any atom is -0.489 e. The lowest BCUT2D eigenvalue weighted by atomic mass is 10.0. The highest BCUT2D eigenvalue weighted by molar-refractivity contribution is 7.80. The zero-order valence-electron chi connectivity index (χ0n) is 17.2. The fourth-order valence-corrected chi connectivity index (χ4v) is 4.51. The number of amides is 1. The van der Waals surface area contributed by atoms with Crippen LogP contribution in [0.15, 0.2) is 40.6 Å². The molecule has 2 N–H and O–H groups in total. The van der Waals surface area contributed by atoms with Gasteiger partial charge in [-0.05, 0) is 70.0 Å². The average molecular weight is 461 g/mol. The summed E-state index contributed by atoms with van der Waals surface area (Å²) in [4.78, 5) is 16.3. The normalized spacial score (nSPS) is 21.9. The molecule has 31 heavy (non-hydrogen) atoms. The highest BCUT2D eigenvalue weighted by Crippen LogP contribution is 2.40. The zero-order valence-corrected chi connectivity index (χ0v) is 18.8. The van der Waals surface area contributed by atoms with Crippen LogP contribution >= 0.6 is 23.8 Å². The van der Waals surface area contributed by atoms with Crippen LogP contribution in [-0.2, 0) is 4.79 Å². The monoisotopic (exact) mass is 460 g/mol. The van der Waals surface area contributed by atoms with Gasteiger partial charge in [-0.25, -0.2) is 4.39 Å². The Kier molecular flexibility index (Phi) is 5.32. The van der Waals surface area contributed by atoms with E-state index in [4.69, 9.17) is 39.6 Å². The van der Waals surface area contributed by atoms with Crippen LogP contribution < -0.4 is 15.4 Å². The van der Waals surface area contributed by atoms with Crippen LogP contribution in [-0.4, -0.2) is 33.6 Å². The number of halogens is 2. The summed E-state index contributed by atoms with van der Waals surface area (Å²) in [6.45, 7) is 3.73. The number of carbonyl (C=O) groups excluding carboxylic acids is 1. The van der Waals surface area contributed by atoms with Crippen molar-refractivity contribution < 1.29 is 13.9 Å². The van der Waals surface area contributed by atoms with Gasteiger partial charge < -0.3 is 15.4 Å². The summed E-state index contributed by atoms with van der Waals surface area (Å²) in [6, 6.07) is 6.58. The summed E-state index contributed by atoms with van der Waals surface area (Å²) in [6.07, 6.45) is 4.22. The molecule has 1 saturated heterocycles. The van der Waals surface area contributed by atoms with Gasteiger partial charge in [0.2, 0.25) is 0 Å². The van der Waals surface area contributed by atoms with E-state index in [0.717, 1.165) is 12.8 Å².